The van der Waals surface area contributed by atoms with Gasteiger partial charge in [-0.3, -0.25) is 5.10 Å². The molecule has 1 aromatic rings. The molecule has 0 aromatic carbocycles. The summed E-state index contributed by atoms with van der Waals surface area (Å²) in [6.45, 7) is 2.12. The van der Waals surface area contributed by atoms with Gasteiger partial charge in [-0.1, -0.05) is 13.3 Å². The Labute approximate surface area is 66.0 Å². The molecule has 0 spiro atoms. The summed E-state index contributed by atoms with van der Waals surface area (Å²) in [5.74, 6) is 0. The lowest BCUT2D eigenvalue weighted by Gasteiger charge is -1.91. The van der Waals surface area contributed by atoms with E-state index in [1.54, 1.807) is 6.20 Å². The maximum atomic E-state index is 8.60. The van der Waals surface area contributed by atoms with Crippen molar-refractivity contribution in [2.24, 2.45) is 0 Å². The maximum absolute atomic E-state index is 8.60. The van der Waals surface area contributed by atoms with E-state index in [0.29, 0.717) is 5.56 Å². The molecule has 3 nitrogen and oxygen atoms in total. The summed E-state index contributed by atoms with van der Waals surface area (Å²) in [4.78, 5) is 0. The van der Waals surface area contributed by atoms with Crippen LogP contribution in [0.5, 0.6) is 0 Å². The largest absolute Gasteiger partial charge is 0.284 e. The average Bonchev–Trinajstić information content (AvgIpc) is 2.47. The summed E-state index contributed by atoms with van der Waals surface area (Å²) in [5.41, 5.74) is 1.58. The summed E-state index contributed by atoms with van der Waals surface area (Å²) in [6.07, 6.45) is 4.78. The van der Waals surface area contributed by atoms with Crippen molar-refractivity contribution in [2.45, 2.75) is 26.2 Å². The molecule has 0 bridgehead atoms. The van der Waals surface area contributed by atoms with Gasteiger partial charge in [-0.05, 0) is 12.8 Å². The first-order valence-electron chi connectivity index (χ1n) is 3.81. The minimum atomic E-state index is 0.679. The van der Waals surface area contributed by atoms with Gasteiger partial charge in [0.2, 0.25) is 0 Å². The summed E-state index contributed by atoms with van der Waals surface area (Å²) in [6, 6.07) is 2.09. The average molecular weight is 149 g/mol. The van der Waals surface area contributed by atoms with Gasteiger partial charge in [0, 0.05) is 6.20 Å². The van der Waals surface area contributed by atoms with E-state index in [0.717, 1.165) is 25.0 Å². The lowest BCUT2D eigenvalue weighted by molar-refractivity contribution is 0.770. The van der Waals surface area contributed by atoms with Crippen LogP contribution in [0.15, 0.2) is 6.20 Å². The second kappa shape index (κ2) is 3.77. The second-order valence-electron chi connectivity index (χ2n) is 2.46. The molecule has 0 aliphatic rings. The monoisotopic (exact) mass is 149 g/mol. The Hall–Kier alpha value is -1.30. The number of aromatic amines is 1. The lowest BCUT2D eigenvalue weighted by Crippen LogP contribution is -1.87. The van der Waals surface area contributed by atoms with Gasteiger partial charge in [0.15, 0.2) is 0 Å². The third-order valence-corrected chi connectivity index (χ3v) is 1.61. The molecule has 0 aliphatic carbocycles. The highest BCUT2D eigenvalue weighted by molar-refractivity contribution is 5.30. The molecule has 0 aliphatic heterocycles. The van der Waals surface area contributed by atoms with Crippen LogP contribution in [0.4, 0.5) is 0 Å². The van der Waals surface area contributed by atoms with Gasteiger partial charge in [0.25, 0.3) is 0 Å². The minimum absolute atomic E-state index is 0.679. The number of rotatable bonds is 3. The second-order valence-corrected chi connectivity index (χ2v) is 2.46. The molecule has 11 heavy (non-hydrogen) atoms. The van der Waals surface area contributed by atoms with Gasteiger partial charge in [0.05, 0.1) is 11.3 Å². The van der Waals surface area contributed by atoms with E-state index in [2.05, 4.69) is 23.2 Å². The lowest BCUT2D eigenvalue weighted by atomic mass is 10.1. The van der Waals surface area contributed by atoms with Gasteiger partial charge in [0.1, 0.15) is 6.07 Å². The van der Waals surface area contributed by atoms with Crippen LogP contribution in [0.1, 0.15) is 31.0 Å². The molecule has 1 aromatic heterocycles. The summed E-state index contributed by atoms with van der Waals surface area (Å²) < 4.78 is 0. The van der Waals surface area contributed by atoms with Crippen LogP contribution < -0.4 is 0 Å². The number of aryl methyl sites for hydroxylation is 1. The van der Waals surface area contributed by atoms with Crippen molar-refractivity contribution < 1.29 is 0 Å². The Morgan fingerprint density at radius 1 is 1.73 bits per heavy atom. The van der Waals surface area contributed by atoms with Crippen LogP contribution in [0.2, 0.25) is 0 Å². The van der Waals surface area contributed by atoms with Gasteiger partial charge < -0.3 is 0 Å². The van der Waals surface area contributed by atoms with Gasteiger partial charge in [-0.25, -0.2) is 0 Å². The number of H-pyrrole nitrogens is 1. The minimum Gasteiger partial charge on any atom is -0.284 e. The van der Waals surface area contributed by atoms with Crippen LogP contribution in [-0.4, -0.2) is 10.2 Å². The molecule has 0 radical (unpaired) electrons. The maximum Gasteiger partial charge on any atom is 0.103 e. The number of hydrogen-bond acceptors (Lipinski definition) is 2. The Bertz CT molecular complexity index is 257. The van der Waals surface area contributed by atoms with E-state index < -0.39 is 0 Å². The van der Waals surface area contributed by atoms with E-state index in [9.17, 15) is 0 Å². The Kier molecular flexibility index (Phi) is 2.67. The molecule has 1 N–H and O–H groups in total. The summed E-state index contributed by atoms with van der Waals surface area (Å²) in [5, 5.41) is 15.3. The van der Waals surface area contributed by atoms with Gasteiger partial charge >= 0.3 is 0 Å². The molecule has 0 saturated heterocycles. The first-order chi connectivity index (χ1) is 5.38. The molecule has 0 unspecified atom stereocenters. The smallest absolute Gasteiger partial charge is 0.103 e. The predicted molar refractivity (Wildman–Crippen MR) is 41.9 cm³/mol. The van der Waals surface area contributed by atoms with Gasteiger partial charge in [-0.2, -0.15) is 10.4 Å². The SMILES string of the molecule is CCCCc1n[nH]cc1C#N. The van der Waals surface area contributed by atoms with Crippen molar-refractivity contribution in [2.75, 3.05) is 0 Å². The molecule has 3 heteroatoms. The highest BCUT2D eigenvalue weighted by atomic mass is 15.1. The predicted octanol–water partition coefficient (Wildman–Crippen LogP) is 1.62. The van der Waals surface area contributed by atoms with Crippen LogP contribution >= 0.6 is 0 Å². The third-order valence-electron chi connectivity index (χ3n) is 1.61. The number of nitriles is 1. The van der Waals surface area contributed by atoms with Crippen LogP contribution in [-0.2, 0) is 6.42 Å². The zero-order chi connectivity index (χ0) is 8.10. The standard InChI is InChI=1S/C8H11N3/c1-2-3-4-8-7(5-9)6-10-11-8/h6H,2-4H2,1H3,(H,10,11). The number of hydrogen-bond donors (Lipinski definition) is 1. The fourth-order valence-corrected chi connectivity index (χ4v) is 0.950. The van der Waals surface area contributed by atoms with Crippen LogP contribution in [0, 0.1) is 11.3 Å². The van der Waals surface area contributed by atoms with Crippen molar-refractivity contribution in [3.8, 4) is 6.07 Å². The number of aromatic nitrogens is 2. The molecule has 1 heterocycles. The molecule has 0 fully saturated rings. The quantitative estimate of drug-likeness (QED) is 0.710. The molecular weight excluding hydrogens is 138 g/mol. The first kappa shape index (κ1) is 7.80. The highest BCUT2D eigenvalue weighted by Crippen LogP contribution is 2.06. The summed E-state index contributed by atoms with van der Waals surface area (Å²) in [7, 11) is 0. The van der Waals surface area contributed by atoms with E-state index in [1.807, 2.05) is 0 Å². The number of nitrogens with zero attached hydrogens (tertiary/aromatic N) is 2. The molecular formula is C8H11N3. The fraction of sp³-hybridized carbons (Fsp3) is 0.500. The zero-order valence-electron chi connectivity index (χ0n) is 6.59. The molecule has 58 valence electrons. The third kappa shape index (κ3) is 1.81. The molecule has 1 rings (SSSR count). The van der Waals surface area contributed by atoms with E-state index >= 15 is 0 Å². The molecule has 0 saturated carbocycles. The van der Waals surface area contributed by atoms with Crippen molar-refractivity contribution >= 4 is 0 Å². The topological polar surface area (TPSA) is 52.5 Å². The zero-order valence-corrected chi connectivity index (χ0v) is 6.59. The van der Waals surface area contributed by atoms with Gasteiger partial charge in [-0.15, -0.1) is 0 Å². The van der Waals surface area contributed by atoms with Crippen molar-refractivity contribution in [3.05, 3.63) is 17.5 Å². The number of nitrogens with one attached hydrogen (secondary N) is 1. The van der Waals surface area contributed by atoms with Crippen molar-refractivity contribution in [1.82, 2.24) is 10.2 Å². The Balaban J connectivity index is 2.63. The van der Waals surface area contributed by atoms with E-state index in [4.69, 9.17) is 5.26 Å². The van der Waals surface area contributed by atoms with Crippen molar-refractivity contribution in [3.63, 3.8) is 0 Å². The molecule has 0 amide bonds. The normalized spacial score (nSPS) is 9.45. The summed E-state index contributed by atoms with van der Waals surface area (Å²) >= 11 is 0. The first-order valence-corrected chi connectivity index (χ1v) is 3.81. The Morgan fingerprint density at radius 3 is 3.18 bits per heavy atom. The van der Waals surface area contributed by atoms with E-state index in [-0.39, 0.29) is 0 Å². The Morgan fingerprint density at radius 2 is 2.55 bits per heavy atom. The number of unbranched alkanes of at least 4 members (excludes halogenated alkanes) is 1. The van der Waals surface area contributed by atoms with Crippen molar-refractivity contribution in [1.29, 1.82) is 5.26 Å². The highest BCUT2D eigenvalue weighted by Gasteiger charge is 2.02. The van der Waals surface area contributed by atoms with E-state index in [1.165, 1.54) is 0 Å². The van der Waals surface area contributed by atoms with Crippen LogP contribution in [0.3, 0.4) is 0 Å². The van der Waals surface area contributed by atoms with Crippen LogP contribution in [0.25, 0.3) is 0 Å². The fourth-order valence-electron chi connectivity index (χ4n) is 0.950. The molecule has 0 atom stereocenters.